The lowest BCUT2D eigenvalue weighted by molar-refractivity contribution is 0.274. The minimum Gasteiger partial charge on any atom is -0.390 e. The fourth-order valence-electron chi connectivity index (χ4n) is 4.37. The van der Waals surface area contributed by atoms with Crippen LogP contribution in [0.5, 0.6) is 0 Å². The van der Waals surface area contributed by atoms with Crippen molar-refractivity contribution in [3.05, 3.63) is 58.5 Å². The van der Waals surface area contributed by atoms with Gasteiger partial charge in [-0.25, -0.2) is 9.97 Å². The molecule has 0 saturated heterocycles. The number of fused-ring (bicyclic) bond motifs is 2. The summed E-state index contributed by atoms with van der Waals surface area (Å²) in [6.45, 7) is 1.64. The molecule has 0 saturated carbocycles. The molecule has 0 amide bonds. The van der Waals surface area contributed by atoms with E-state index in [9.17, 15) is 5.11 Å². The quantitative estimate of drug-likeness (QED) is 0.776. The Morgan fingerprint density at radius 2 is 1.89 bits per heavy atom. The highest BCUT2D eigenvalue weighted by molar-refractivity contribution is 5.62. The number of aryl methyl sites for hydroxylation is 2. The SMILES string of the molecule is Cn1nc(CO)c2c1CCN(c1nc(-c3ccccc3)nc3c1CCC3)C2. The van der Waals surface area contributed by atoms with E-state index in [-0.39, 0.29) is 6.61 Å². The largest absolute Gasteiger partial charge is 0.390 e. The Bertz CT molecular complexity index is 996. The first kappa shape index (κ1) is 16.4. The van der Waals surface area contributed by atoms with Crippen LogP contribution in [0.25, 0.3) is 11.4 Å². The van der Waals surface area contributed by atoms with Crippen LogP contribution in [0.2, 0.25) is 0 Å². The molecule has 0 atom stereocenters. The van der Waals surface area contributed by atoms with Crippen molar-refractivity contribution in [1.82, 2.24) is 19.7 Å². The van der Waals surface area contributed by atoms with Gasteiger partial charge in [-0.2, -0.15) is 5.10 Å². The number of benzene rings is 1. The number of rotatable bonds is 3. The lowest BCUT2D eigenvalue weighted by Crippen LogP contribution is -2.33. The van der Waals surface area contributed by atoms with Crippen LogP contribution in [-0.2, 0) is 39.5 Å². The normalized spacial score (nSPS) is 15.7. The van der Waals surface area contributed by atoms with Gasteiger partial charge in [0.25, 0.3) is 0 Å². The minimum atomic E-state index is -0.0197. The molecule has 27 heavy (non-hydrogen) atoms. The Morgan fingerprint density at radius 3 is 2.70 bits per heavy atom. The van der Waals surface area contributed by atoms with Crippen LogP contribution in [0.1, 0.15) is 34.6 Å². The van der Waals surface area contributed by atoms with Crippen LogP contribution in [0.4, 0.5) is 5.82 Å². The number of nitrogens with zero attached hydrogens (tertiary/aromatic N) is 5. The van der Waals surface area contributed by atoms with Crippen molar-refractivity contribution in [2.75, 3.05) is 11.4 Å². The molecule has 1 aliphatic heterocycles. The predicted octanol–water partition coefficient (Wildman–Crippen LogP) is 2.42. The van der Waals surface area contributed by atoms with Crippen molar-refractivity contribution in [3.63, 3.8) is 0 Å². The standard InChI is InChI=1S/C21H23N5O/c1-25-19-10-11-26(12-16(19)18(13-27)24-25)21-15-8-5-9-17(15)22-20(23-21)14-6-3-2-4-7-14/h2-4,6-7,27H,5,8-13H2,1H3. The summed E-state index contributed by atoms with van der Waals surface area (Å²) in [5.74, 6) is 1.88. The van der Waals surface area contributed by atoms with E-state index in [0.29, 0.717) is 0 Å². The maximum atomic E-state index is 9.69. The maximum Gasteiger partial charge on any atom is 0.161 e. The second kappa shape index (κ2) is 6.46. The molecule has 6 heteroatoms. The molecule has 0 fully saturated rings. The van der Waals surface area contributed by atoms with Crippen LogP contribution < -0.4 is 4.90 Å². The van der Waals surface area contributed by atoms with Crippen molar-refractivity contribution >= 4 is 5.82 Å². The molecule has 1 aliphatic carbocycles. The predicted molar refractivity (Wildman–Crippen MR) is 103 cm³/mol. The monoisotopic (exact) mass is 361 g/mol. The van der Waals surface area contributed by atoms with E-state index >= 15 is 0 Å². The zero-order valence-corrected chi connectivity index (χ0v) is 15.5. The number of aliphatic hydroxyl groups is 1. The molecular formula is C21H23N5O. The molecule has 5 rings (SSSR count). The van der Waals surface area contributed by atoms with E-state index in [1.165, 1.54) is 17.0 Å². The van der Waals surface area contributed by atoms with Gasteiger partial charge < -0.3 is 10.0 Å². The lowest BCUT2D eigenvalue weighted by atomic mass is 10.0. The van der Waals surface area contributed by atoms with Gasteiger partial charge in [0.15, 0.2) is 5.82 Å². The Labute approximate surface area is 158 Å². The van der Waals surface area contributed by atoms with Crippen LogP contribution in [0, 0.1) is 0 Å². The van der Waals surface area contributed by atoms with Gasteiger partial charge >= 0.3 is 0 Å². The van der Waals surface area contributed by atoms with E-state index in [2.05, 4.69) is 22.1 Å². The first-order chi connectivity index (χ1) is 13.2. The molecule has 3 aromatic rings. The fourth-order valence-corrected chi connectivity index (χ4v) is 4.37. The van der Waals surface area contributed by atoms with Gasteiger partial charge in [0, 0.05) is 54.6 Å². The molecule has 0 bridgehead atoms. The number of hydrogen-bond donors (Lipinski definition) is 1. The third-order valence-electron chi connectivity index (χ3n) is 5.72. The molecule has 1 N–H and O–H groups in total. The summed E-state index contributed by atoms with van der Waals surface area (Å²) in [5, 5.41) is 14.2. The van der Waals surface area contributed by atoms with Crippen LogP contribution in [0.15, 0.2) is 30.3 Å². The molecule has 6 nitrogen and oxygen atoms in total. The van der Waals surface area contributed by atoms with E-state index in [1.807, 2.05) is 29.9 Å². The van der Waals surface area contributed by atoms with Gasteiger partial charge in [0.1, 0.15) is 5.82 Å². The molecule has 0 spiro atoms. The topological polar surface area (TPSA) is 67.1 Å². The third-order valence-corrected chi connectivity index (χ3v) is 5.72. The first-order valence-corrected chi connectivity index (χ1v) is 9.59. The fraction of sp³-hybridized carbons (Fsp3) is 0.381. The molecule has 0 unspecified atom stereocenters. The van der Waals surface area contributed by atoms with Gasteiger partial charge in [0.05, 0.1) is 12.3 Å². The average molecular weight is 361 g/mol. The van der Waals surface area contributed by atoms with Gasteiger partial charge in [-0.3, -0.25) is 4.68 Å². The molecule has 2 aliphatic rings. The average Bonchev–Trinajstić information content (AvgIpc) is 3.32. The molecule has 138 valence electrons. The molecule has 3 heterocycles. The number of aromatic nitrogens is 4. The van der Waals surface area contributed by atoms with Crippen molar-refractivity contribution in [2.24, 2.45) is 7.05 Å². The van der Waals surface area contributed by atoms with Crippen LogP contribution in [0.3, 0.4) is 0 Å². The molecular weight excluding hydrogens is 338 g/mol. The molecule has 0 radical (unpaired) electrons. The van der Waals surface area contributed by atoms with Crippen molar-refractivity contribution in [2.45, 2.75) is 38.8 Å². The molecule has 2 aromatic heterocycles. The Balaban J connectivity index is 1.58. The Kier molecular flexibility index (Phi) is 3.93. The summed E-state index contributed by atoms with van der Waals surface area (Å²) in [6, 6.07) is 10.2. The number of anilines is 1. The number of hydrogen-bond acceptors (Lipinski definition) is 5. The van der Waals surface area contributed by atoms with E-state index < -0.39 is 0 Å². The highest BCUT2D eigenvalue weighted by Crippen LogP contribution is 2.34. The zero-order valence-electron chi connectivity index (χ0n) is 15.5. The van der Waals surface area contributed by atoms with Crippen LogP contribution in [-0.4, -0.2) is 31.4 Å². The smallest absolute Gasteiger partial charge is 0.161 e. The van der Waals surface area contributed by atoms with Crippen molar-refractivity contribution < 1.29 is 5.11 Å². The van der Waals surface area contributed by atoms with Crippen LogP contribution >= 0.6 is 0 Å². The Morgan fingerprint density at radius 1 is 1.04 bits per heavy atom. The minimum absolute atomic E-state index is 0.0197. The molecule has 1 aromatic carbocycles. The van der Waals surface area contributed by atoms with Gasteiger partial charge in [-0.15, -0.1) is 0 Å². The van der Waals surface area contributed by atoms with E-state index in [0.717, 1.165) is 67.2 Å². The van der Waals surface area contributed by atoms with Gasteiger partial charge in [-0.05, 0) is 19.3 Å². The lowest BCUT2D eigenvalue weighted by Gasteiger charge is -2.30. The van der Waals surface area contributed by atoms with Gasteiger partial charge in [-0.1, -0.05) is 30.3 Å². The summed E-state index contributed by atoms with van der Waals surface area (Å²) < 4.78 is 1.91. The summed E-state index contributed by atoms with van der Waals surface area (Å²) in [4.78, 5) is 12.2. The van der Waals surface area contributed by atoms with Crippen molar-refractivity contribution in [3.8, 4) is 11.4 Å². The highest BCUT2D eigenvalue weighted by Gasteiger charge is 2.28. The van der Waals surface area contributed by atoms with E-state index in [4.69, 9.17) is 9.97 Å². The maximum absolute atomic E-state index is 9.69. The third kappa shape index (κ3) is 2.72. The zero-order chi connectivity index (χ0) is 18.4. The Hall–Kier alpha value is -2.73. The second-order valence-corrected chi connectivity index (χ2v) is 7.34. The van der Waals surface area contributed by atoms with E-state index in [1.54, 1.807) is 0 Å². The first-order valence-electron chi connectivity index (χ1n) is 9.59. The number of aliphatic hydroxyl groups excluding tert-OH is 1. The highest BCUT2D eigenvalue weighted by atomic mass is 16.3. The van der Waals surface area contributed by atoms with Gasteiger partial charge in [0.2, 0.25) is 0 Å². The summed E-state index contributed by atoms with van der Waals surface area (Å²) >= 11 is 0. The second-order valence-electron chi connectivity index (χ2n) is 7.34. The summed E-state index contributed by atoms with van der Waals surface area (Å²) in [7, 11) is 1.96. The summed E-state index contributed by atoms with van der Waals surface area (Å²) in [5.41, 5.74) is 6.71. The summed E-state index contributed by atoms with van der Waals surface area (Å²) in [6.07, 6.45) is 4.13. The van der Waals surface area contributed by atoms with Crippen molar-refractivity contribution in [1.29, 1.82) is 0 Å².